The minimum absolute atomic E-state index is 0.367. The van der Waals surface area contributed by atoms with Gasteiger partial charge in [-0.2, -0.15) is 0 Å². The molecule has 100 valence electrons. The summed E-state index contributed by atoms with van der Waals surface area (Å²) in [7, 11) is 0. The summed E-state index contributed by atoms with van der Waals surface area (Å²) in [6.07, 6.45) is 0.754. The second-order valence-corrected chi connectivity index (χ2v) is 5.24. The zero-order chi connectivity index (χ0) is 13.8. The molecule has 0 radical (unpaired) electrons. The van der Waals surface area contributed by atoms with Gasteiger partial charge in [-0.25, -0.2) is 4.39 Å². The van der Waals surface area contributed by atoms with Crippen LogP contribution in [0.4, 0.5) is 4.39 Å². The highest BCUT2D eigenvalue weighted by atomic mass is 79.9. The first kappa shape index (κ1) is 14.3. The van der Waals surface area contributed by atoms with Crippen LogP contribution in [-0.2, 0) is 6.42 Å². The third-order valence-corrected chi connectivity index (χ3v) is 3.49. The molecule has 0 aromatic heterocycles. The third kappa shape index (κ3) is 3.69. The van der Waals surface area contributed by atoms with E-state index < -0.39 is 0 Å². The van der Waals surface area contributed by atoms with Gasteiger partial charge >= 0.3 is 0 Å². The number of ether oxygens (including phenoxy) is 1. The number of hydrogen-bond acceptors (Lipinski definition) is 2. The van der Waals surface area contributed by atoms with Crippen molar-refractivity contribution in [2.24, 2.45) is 5.73 Å². The Morgan fingerprint density at radius 3 is 2.63 bits per heavy atom. The van der Waals surface area contributed by atoms with Crippen LogP contribution in [0.1, 0.15) is 5.56 Å². The molecule has 0 aliphatic rings. The van der Waals surface area contributed by atoms with Gasteiger partial charge in [0.15, 0.2) is 0 Å². The normalized spacial score (nSPS) is 10.5. The van der Waals surface area contributed by atoms with E-state index in [1.807, 2.05) is 6.07 Å². The van der Waals surface area contributed by atoms with Crippen LogP contribution in [0, 0.1) is 5.82 Å². The third-order valence-electron chi connectivity index (χ3n) is 2.54. The molecule has 5 heteroatoms. The highest BCUT2D eigenvalue weighted by molar-refractivity contribution is 9.10. The summed E-state index contributed by atoms with van der Waals surface area (Å²) in [6.45, 7) is 0.561. The maximum Gasteiger partial charge on any atom is 0.146 e. The fourth-order valence-electron chi connectivity index (χ4n) is 1.62. The number of halogens is 3. The summed E-state index contributed by atoms with van der Waals surface area (Å²) in [5.41, 5.74) is 6.53. The van der Waals surface area contributed by atoms with E-state index in [1.54, 1.807) is 18.2 Å². The van der Waals surface area contributed by atoms with Crippen molar-refractivity contribution in [3.05, 3.63) is 57.3 Å². The molecule has 0 saturated heterocycles. The molecular weight excluding hydrogens is 333 g/mol. The van der Waals surface area contributed by atoms with Crippen LogP contribution in [0.25, 0.3) is 0 Å². The molecule has 0 atom stereocenters. The van der Waals surface area contributed by atoms with E-state index in [-0.39, 0.29) is 5.82 Å². The van der Waals surface area contributed by atoms with Crippen LogP contribution in [0.3, 0.4) is 0 Å². The van der Waals surface area contributed by atoms with Gasteiger partial charge in [-0.1, -0.05) is 17.7 Å². The Morgan fingerprint density at radius 2 is 1.95 bits per heavy atom. The molecule has 2 aromatic rings. The van der Waals surface area contributed by atoms with Gasteiger partial charge < -0.3 is 10.5 Å². The zero-order valence-electron chi connectivity index (χ0n) is 10.00. The van der Waals surface area contributed by atoms with E-state index in [1.165, 1.54) is 12.1 Å². The largest absolute Gasteiger partial charge is 0.455 e. The Morgan fingerprint density at radius 1 is 1.16 bits per heavy atom. The molecule has 2 nitrogen and oxygen atoms in total. The van der Waals surface area contributed by atoms with Crippen molar-refractivity contribution in [3.8, 4) is 11.5 Å². The molecule has 2 N–H and O–H groups in total. The van der Waals surface area contributed by atoms with E-state index in [0.717, 1.165) is 12.0 Å². The second-order valence-electron chi connectivity index (χ2n) is 3.98. The molecule has 0 saturated carbocycles. The molecule has 0 bridgehead atoms. The van der Waals surface area contributed by atoms with Gasteiger partial charge in [0, 0.05) is 6.07 Å². The van der Waals surface area contributed by atoms with Crippen molar-refractivity contribution >= 4 is 27.5 Å². The van der Waals surface area contributed by atoms with E-state index in [4.69, 9.17) is 22.1 Å². The fraction of sp³-hybridized carbons (Fsp3) is 0.143. The summed E-state index contributed by atoms with van der Waals surface area (Å²) < 4.78 is 19.4. The maximum absolute atomic E-state index is 13.2. The number of nitrogens with two attached hydrogens (primary N) is 1. The van der Waals surface area contributed by atoms with Crippen molar-refractivity contribution in [2.45, 2.75) is 6.42 Å². The smallest absolute Gasteiger partial charge is 0.146 e. The standard InChI is InChI=1S/C14H12BrClFNO/c15-11-3-2-10(17)8-14(11)19-13-4-1-9(5-6-18)7-12(13)16/h1-4,7-8H,5-6,18H2. The monoisotopic (exact) mass is 343 g/mol. The highest BCUT2D eigenvalue weighted by Crippen LogP contribution is 2.34. The van der Waals surface area contributed by atoms with Crippen molar-refractivity contribution < 1.29 is 9.13 Å². The SMILES string of the molecule is NCCc1ccc(Oc2cc(F)ccc2Br)c(Cl)c1. The van der Waals surface area contributed by atoms with Gasteiger partial charge in [0.25, 0.3) is 0 Å². The number of hydrogen-bond donors (Lipinski definition) is 1. The Hall–Kier alpha value is -1.10. The van der Waals surface area contributed by atoms with Crippen molar-refractivity contribution in [2.75, 3.05) is 6.54 Å². The lowest BCUT2D eigenvalue weighted by Gasteiger charge is -2.10. The Kier molecular flexibility index (Phi) is 4.80. The quantitative estimate of drug-likeness (QED) is 0.884. The van der Waals surface area contributed by atoms with Crippen molar-refractivity contribution in [3.63, 3.8) is 0 Å². The summed E-state index contributed by atoms with van der Waals surface area (Å²) >= 11 is 9.43. The van der Waals surface area contributed by atoms with E-state index in [9.17, 15) is 4.39 Å². The minimum atomic E-state index is -0.367. The molecule has 0 amide bonds. The summed E-state index contributed by atoms with van der Waals surface area (Å²) in [6, 6.07) is 9.68. The molecule has 0 heterocycles. The first-order valence-corrected chi connectivity index (χ1v) is 6.88. The zero-order valence-corrected chi connectivity index (χ0v) is 12.3. The number of rotatable bonds is 4. The molecular formula is C14H12BrClFNO. The predicted molar refractivity (Wildman–Crippen MR) is 78.4 cm³/mol. The van der Waals surface area contributed by atoms with Gasteiger partial charge in [-0.05, 0) is 58.7 Å². The van der Waals surface area contributed by atoms with E-state index in [2.05, 4.69) is 15.9 Å². The molecule has 0 fully saturated rings. The van der Waals surface area contributed by atoms with Crippen LogP contribution >= 0.6 is 27.5 Å². The summed E-state index contributed by atoms with van der Waals surface area (Å²) in [5, 5.41) is 0.474. The van der Waals surface area contributed by atoms with Gasteiger partial charge in [0.05, 0.1) is 9.50 Å². The molecule has 0 aliphatic carbocycles. The van der Waals surface area contributed by atoms with E-state index in [0.29, 0.717) is 27.5 Å². The lowest BCUT2D eigenvalue weighted by molar-refractivity contribution is 0.473. The lowest BCUT2D eigenvalue weighted by Crippen LogP contribution is -2.02. The first-order valence-electron chi connectivity index (χ1n) is 5.71. The first-order chi connectivity index (χ1) is 9.10. The summed E-state index contributed by atoms with van der Waals surface area (Å²) in [5.74, 6) is 0.497. The Balaban J connectivity index is 2.25. The molecule has 19 heavy (non-hydrogen) atoms. The van der Waals surface area contributed by atoms with Crippen LogP contribution in [-0.4, -0.2) is 6.54 Å². The molecule has 2 aromatic carbocycles. The predicted octanol–water partition coefficient (Wildman–Crippen LogP) is 4.54. The van der Waals surface area contributed by atoms with Crippen LogP contribution in [0.5, 0.6) is 11.5 Å². The lowest BCUT2D eigenvalue weighted by atomic mass is 10.1. The average Bonchev–Trinajstić information content (AvgIpc) is 2.37. The van der Waals surface area contributed by atoms with Gasteiger partial charge in [-0.15, -0.1) is 0 Å². The number of benzene rings is 2. The van der Waals surface area contributed by atoms with Crippen LogP contribution in [0.2, 0.25) is 5.02 Å². The van der Waals surface area contributed by atoms with Crippen LogP contribution in [0.15, 0.2) is 40.9 Å². The maximum atomic E-state index is 13.2. The van der Waals surface area contributed by atoms with E-state index >= 15 is 0 Å². The Bertz CT molecular complexity index is 592. The Labute approximate surface area is 124 Å². The van der Waals surface area contributed by atoms with Crippen molar-refractivity contribution in [1.29, 1.82) is 0 Å². The van der Waals surface area contributed by atoms with Crippen molar-refractivity contribution in [1.82, 2.24) is 0 Å². The summed E-state index contributed by atoms with van der Waals surface area (Å²) in [4.78, 5) is 0. The van der Waals surface area contributed by atoms with Crippen LogP contribution < -0.4 is 10.5 Å². The fourth-order valence-corrected chi connectivity index (χ4v) is 2.19. The topological polar surface area (TPSA) is 35.2 Å². The van der Waals surface area contributed by atoms with Gasteiger partial charge in [0.1, 0.15) is 17.3 Å². The average molecular weight is 345 g/mol. The molecule has 0 spiro atoms. The highest BCUT2D eigenvalue weighted by Gasteiger charge is 2.08. The van der Waals surface area contributed by atoms with Gasteiger partial charge in [-0.3, -0.25) is 0 Å². The minimum Gasteiger partial charge on any atom is -0.455 e. The molecule has 0 unspecified atom stereocenters. The second kappa shape index (κ2) is 6.37. The molecule has 2 rings (SSSR count). The molecule has 0 aliphatic heterocycles. The van der Waals surface area contributed by atoms with Gasteiger partial charge in [0.2, 0.25) is 0 Å².